The molecule has 2 rings (SSSR count). The fourth-order valence-corrected chi connectivity index (χ4v) is 1.72. The summed E-state index contributed by atoms with van der Waals surface area (Å²) >= 11 is 0. The quantitative estimate of drug-likeness (QED) is 0.733. The molecule has 0 N–H and O–H groups in total. The number of hydrogen-bond acceptors (Lipinski definition) is 3. The lowest BCUT2D eigenvalue weighted by molar-refractivity contribution is -0.135. The monoisotopic (exact) mass is 345 g/mol. The van der Waals surface area contributed by atoms with Crippen LogP contribution in [-0.2, 0) is 14.4 Å². The maximum Gasteiger partial charge on any atom is 0.219 e. The second-order valence-corrected chi connectivity index (χ2v) is 5.97. The lowest BCUT2D eigenvalue weighted by Gasteiger charge is -2.38. The van der Waals surface area contributed by atoms with E-state index in [2.05, 4.69) is 6.92 Å². The Bertz CT molecular complexity index is 374. The van der Waals surface area contributed by atoms with E-state index in [1.54, 1.807) is 27.9 Å². The van der Waals surface area contributed by atoms with Crippen molar-refractivity contribution in [1.29, 1.82) is 0 Å². The van der Waals surface area contributed by atoms with Gasteiger partial charge in [0, 0.05) is 61.0 Å². The summed E-state index contributed by atoms with van der Waals surface area (Å²) < 4.78 is 0. The predicted octanol–water partition coefficient (Wildman–Crippen LogP) is 2.48. The van der Waals surface area contributed by atoms with Gasteiger partial charge in [0.2, 0.25) is 17.7 Å². The van der Waals surface area contributed by atoms with E-state index in [4.69, 9.17) is 0 Å². The van der Waals surface area contributed by atoms with Crippen LogP contribution >= 0.6 is 0 Å². The highest BCUT2D eigenvalue weighted by Crippen LogP contribution is 2.17. The van der Waals surface area contributed by atoms with Crippen molar-refractivity contribution in [1.82, 2.24) is 14.7 Å². The molecule has 2 aliphatic rings. The van der Waals surface area contributed by atoms with Crippen LogP contribution in [0.1, 0.15) is 55.4 Å². The number of rotatable bonds is 1. The summed E-state index contributed by atoms with van der Waals surface area (Å²) in [5.74, 6) is 1.31. The van der Waals surface area contributed by atoms with Crippen LogP contribution in [0.5, 0.6) is 0 Å². The third kappa shape index (κ3) is 11.0. The second-order valence-electron chi connectivity index (χ2n) is 5.97. The first-order valence-corrected chi connectivity index (χ1v) is 7.87. The van der Waals surface area contributed by atoms with Gasteiger partial charge in [0.15, 0.2) is 0 Å². The molecule has 0 aromatic rings. The zero-order chi connectivity index (χ0) is 17.3. The molecule has 3 amide bonds. The molecule has 0 atom stereocenters. The maximum atomic E-state index is 10.6. The van der Waals surface area contributed by atoms with Crippen molar-refractivity contribution in [2.75, 3.05) is 40.3 Å². The van der Waals surface area contributed by atoms with Crippen molar-refractivity contribution in [3.8, 4) is 0 Å². The van der Waals surface area contributed by atoms with Crippen molar-refractivity contribution >= 4 is 17.7 Å². The van der Waals surface area contributed by atoms with Crippen LogP contribution in [0.2, 0.25) is 0 Å². The van der Waals surface area contributed by atoms with Crippen molar-refractivity contribution in [3.63, 3.8) is 0 Å². The molecule has 6 heteroatoms. The van der Waals surface area contributed by atoms with E-state index in [0.717, 1.165) is 32.1 Å². The highest BCUT2D eigenvalue weighted by molar-refractivity contribution is 5.74. The van der Waals surface area contributed by atoms with Crippen molar-refractivity contribution in [2.45, 2.75) is 55.4 Å². The average Bonchev–Trinajstić information content (AvgIpc) is 2.25. The molecule has 0 radical (unpaired) electrons. The van der Waals surface area contributed by atoms with Crippen LogP contribution < -0.4 is 0 Å². The van der Waals surface area contributed by atoms with Gasteiger partial charge < -0.3 is 14.7 Å². The van der Waals surface area contributed by atoms with Gasteiger partial charge >= 0.3 is 0 Å². The number of carbonyl (C=O) groups excluding carboxylic acids is 3. The molecular formula is C18H39N3O3. The highest BCUT2D eigenvalue weighted by atomic mass is 16.2. The number of nitrogens with zero attached hydrogens (tertiary/aromatic N) is 3. The zero-order valence-corrected chi connectivity index (χ0v) is 14.9. The van der Waals surface area contributed by atoms with Gasteiger partial charge in [-0.1, -0.05) is 21.8 Å². The molecule has 24 heavy (non-hydrogen) atoms. The van der Waals surface area contributed by atoms with Gasteiger partial charge in [-0.2, -0.15) is 0 Å². The summed E-state index contributed by atoms with van der Waals surface area (Å²) in [7, 11) is 3.45. The number of carbonyl (C=O) groups is 3. The Morgan fingerprint density at radius 3 is 1.42 bits per heavy atom. The molecule has 0 aliphatic carbocycles. The fourth-order valence-electron chi connectivity index (χ4n) is 1.72. The van der Waals surface area contributed by atoms with E-state index in [1.807, 2.05) is 9.80 Å². The van der Waals surface area contributed by atoms with Gasteiger partial charge in [-0.25, -0.2) is 0 Å². The Balaban J connectivity index is -0.000000271. The van der Waals surface area contributed by atoms with Gasteiger partial charge in [-0.3, -0.25) is 14.4 Å². The molecule has 0 aromatic carbocycles. The molecule has 0 bridgehead atoms. The molecule has 6 nitrogen and oxygen atoms in total. The Kier molecular flexibility index (Phi) is 15.7. The SMILES string of the molecule is C.C.CC(=O)N(C)C.CC(=O)N1CCC1.CCC1CN(C(C)=O)C1. The fraction of sp³-hybridized carbons (Fsp3) is 0.833. The Morgan fingerprint density at radius 1 is 0.917 bits per heavy atom. The molecule has 2 aliphatic heterocycles. The summed E-state index contributed by atoms with van der Waals surface area (Å²) in [6, 6.07) is 0. The lowest BCUT2D eigenvalue weighted by Crippen LogP contribution is -2.48. The van der Waals surface area contributed by atoms with Crippen LogP contribution in [0.15, 0.2) is 0 Å². The van der Waals surface area contributed by atoms with E-state index < -0.39 is 0 Å². The minimum Gasteiger partial charge on any atom is -0.349 e. The lowest BCUT2D eigenvalue weighted by atomic mass is 9.98. The summed E-state index contributed by atoms with van der Waals surface area (Å²) in [6.45, 7) is 10.9. The molecule has 0 saturated carbocycles. The Hall–Kier alpha value is -1.59. The molecule has 144 valence electrons. The summed E-state index contributed by atoms with van der Waals surface area (Å²) in [6.07, 6.45) is 2.41. The van der Waals surface area contributed by atoms with Crippen molar-refractivity contribution < 1.29 is 14.4 Å². The first-order valence-electron chi connectivity index (χ1n) is 7.87. The third-order valence-electron chi connectivity index (χ3n) is 3.91. The summed E-state index contributed by atoms with van der Waals surface area (Å²) in [5, 5.41) is 0. The Labute approximate surface area is 149 Å². The maximum absolute atomic E-state index is 10.6. The molecule has 2 heterocycles. The second kappa shape index (κ2) is 13.8. The van der Waals surface area contributed by atoms with Crippen molar-refractivity contribution in [2.24, 2.45) is 5.92 Å². The van der Waals surface area contributed by atoms with Crippen LogP contribution in [-0.4, -0.2) is 72.7 Å². The molecular weight excluding hydrogens is 306 g/mol. The van der Waals surface area contributed by atoms with E-state index in [-0.39, 0.29) is 32.6 Å². The van der Waals surface area contributed by atoms with Gasteiger partial charge in [-0.05, 0) is 18.8 Å². The van der Waals surface area contributed by atoms with E-state index >= 15 is 0 Å². The highest BCUT2D eigenvalue weighted by Gasteiger charge is 2.26. The van der Waals surface area contributed by atoms with Gasteiger partial charge in [0.05, 0.1) is 0 Å². The average molecular weight is 346 g/mol. The zero-order valence-electron chi connectivity index (χ0n) is 14.9. The third-order valence-corrected chi connectivity index (χ3v) is 3.91. The minimum atomic E-state index is 0. The van der Waals surface area contributed by atoms with Crippen LogP contribution in [0.4, 0.5) is 0 Å². The van der Waals surface area contributed by atoms with Gasteiger partial charge in [0.25, 0.3) is 0 Å². The smallest absolute Gasteiger partial charge is 0.219 e. The predicted molar refractivity (Wildman–Crippen MR) is 101 cm³/mol. The summed E-state index contributed by atoms with van der Waals surface area (Å²) in [4.78, 5) is 36.3. The van der Waals surface area contributed by atoms with Crippen LogP contribution in [0.25, 0.3) is 0 Å². The number of amides is 3. The molecule has 2 fully saturated rings. The first kappa shape index (κ1) is 27.3. The van der Waals surface area contributed by atoms with E-state index in [0.29, 0.717) is 0 Å². The number of hydrogen-bond donors (Lipinski definition) is 0. The van der Waals surface area contributed by atoms with Crippen LogP contribution in [0, 0.1) is 5.92 Å². The molecule has 0 spiro atoms. The molecule has 0 aromatic heterocycles. The van der Waals surface area contributed by atoms with Crippen LogP contribution in [0.3, 0.4) is 0 Å². The Morgan fingerprint density at radius 2 is 1.29 bits per heavy atom. The standard InChI is InChI=1S/C7H13NO.C5H9NO.C4H9NO.2CH4/c1-3-7-4-8(5-7)6(2)9;1-5(7)6-3-2-4-6;1-4(6)5(2)3;;/h7H,3-5H2,1-2H3;2-4H2,1H3;1-3H3;2*1H4. The summed E-state index contributed by atoms with van der Waals surface area (Å²) in [5.41, 5.74) is 0. The van der Waals surface area contributed by atoms with E-state index in [9.17, 15) is 14.4 Å². The topological polar surface area (TPSA) is 60.9 Å². The minimum absolute atomic E-state index is 0. The largest absolute Gasteiger partial charge is 0.349 e. The normalized spacial score (nSPS) is 14.8. The number of likely N-dealkylation sites (tertiary alicyclic amines) is 2. The molecule has 0 unspecified atom stereocenters. The van der Waals surface area contributed by atoms with Gasteiger partial charge in [0.1, 0.15) is 0 Å². The van der Waals surface area contributed by atoms with Gasteiger partial charge in [-0.15, -0.1) is 0 Å². The van der Waals surface area contributed by atoms with Crippen molar-refractivity contribution in [3.05, 3.63) is 0 Å². The first-order chi connectivity index (χ1) is 10.2. The van der Waals surface area contributed by atoms with E-state index in [1.165, 1.54) is 24.7 Å². The molecule has 2 saturated heterocycles.